The Balaban J connectivity index is 1.90. The van der Waals surface area contributed by atoms with E-state index in [4.69, 9.17) is 20.8 Å². The molecular weight excluding hydrogens is 490 g/mol. The van der Waals surface area contributed by atoms with Crippen molar-refractivity contribution in [1.29, 1.82) is 0 Å². The second-order valence-electron chi connectivity index (χ2n) is 4.82. The van der Waals surface area contributed by atoms with Crippen LogP contribution in [0.5, 0.6) is 0 Å². The van der Waals surface area contributed by atoms with Gasteiger partial charge in [0.1, 0.15) is 5.76 Å². The van der Waals surface area contributed by atoms with Crippen LogP contribution < -0.4 is 5.32 Å². The topological polar surface area (TPSA) is 68.5 Å². The molecule has 10 heteroatoms. The van der Waals surface area contributed by atoms with E-state index in [0.717, 1.165) is 18.2 Å². The molecule has 0 atom stereocenters. The summed E-state index contributed by atoms with van der Waals surface area (Å²) in [6.07, 6.45) is -2.17. The first-order chi connectivity index (χ1) is 12.1. The Labute approximate surface area is 164 Å². The highest BCUT2D eigenvalue weighted by Gasteiger charge is 2.31. The van der Waals surface area contributed by atoms with Gasteiger partial charge in [-0.1, -0.05) is 11.6 Å². The van der Waals surface area contributed by atoms with E-state index in [2.05, 4.69) is 5.32 Å². The minimum Gasteiger partial charge on any atom is -0.452 e. The van der Waals surface area contributed by atoms with Crippen molar-refractivity contribution in [3.63, 3.8) is 0 Å². The smallest absolute Gasteiger partial charge is 0.416 e. The number of amides is 1. The van der Waals surface area contributed by atoms with Gasteiger partial charge in [-0.2, -0.15) is 13.2 Å². The molecule has 0 unspecified atom stereocenters. The van der Waals surface area contributed by atoms with Crippen LogP contribution in [0.15, 0.2) is 40.8 Å². The molecule has 5 nitrogen and oxygen atoms in total. The first-order valence-corrected chi connectivity index (χ1v) is 8.37. The summed E-state index contributed by atoms with van der Waals surface area (Å²) in [7, 11) is 0. The molecule has 0 saturated heterocycles. The summed E-state index contributed by atoms with van der Waals surface area (Å²) in [6.45, 7) is -0.689. The van der Waals surface area contributed by atoms with Crippen LogP contribution in [0.3, 0.4) is 0 Å². The van der Waals surface area contributed by atoms with Crippen molar-refractivity contribution >= 4 is 57.8 Å². The van der Waals surface area contributed by atoms with Crippen LogP contribution in [-0.4, -0.2) is 18.5 Å². The normalized spacial score (nSPS) is 11.6. The maximum atomic E-state index is 12.7. The number of alkyl halides is 3. The van der Waals surface area contributed by atoms with Crippen LogP contribution in [0.1, 0.15) is 11.3 Å². The molecule has 26 heavy (non-hydrogen) atoms. The first-order valence-electron chi connectivity index (χ1n) is 6.92. The maximum absolute atomic E-state index is 12.7. The lowest BCUT2D eigenvalue weighted by molar-refractivity contribution is -0.142. The monoisotopic (exact) mass is 499 g/mol. The Morgan fingerprint density at radius 2 is 2.00 bits per heavy atom. The molecule has 2 aromatic rings. The zero-order chi connectivity index (χ0) is 19.3. The van der Waals surface area contributed by atoms with E-state index in [9.17, 15) is 22.8 Å². The predicted octanol–water partition coefficient (Wildman–Crippen LogP) is 4.75. The average Bonchev–Trinajstić information content (AvgIpc) is 2.97. The van der Waals surface area contributed by atoms with Gasteiger partial charge >= 0.3 is 12.1 Å². The lowest BCUT2D eigenvalue weighted by Crippen LogP contribution is -2.20. The van der Waals surface area contributed by atoms with Gasteiger partial charge in [-0.15, -0.1) is 0 Å². The number of benzene rings is 1. The molecule has 2 rings (SSSR count). The third kappa shape index (κ3) is 6.06. The van der Waals surface area contributed by atoms with E-state index in [1.165, 1.54) is 6.08 Å². The largest absolute Gasteiger partial charge is 0.452 e. The van der Waals surface area contributed by atoms with E-state index < -0.39 is 30.2 Å². The second-order valence-corrected chi connectivity index (χ2v) is 6.29. The Morgan fingerprint density at radius 1 is 1.27 bits per heavy atom. The zero-order valence-corrected chi connectivity index (χ0v) is 15.7. The fraction of sp³-hybridized carbons (Fsp3) is 0.125. The summed E-state index contributed by atoms with van der Waals surface area (Å²) >= 11 is 7.71. The number of nitrogens with one attached hydrogen (secondary N) is 1. The number of esters is 1. The summed E-state index contributed by atoms with van der Waals surface area (Å²) in [4.78, 5) is 23.3. The Hall–Kier alpha value is -2.01. The Bertz CT molecular complexity index is 848. The average molecular weight is 500 g/mol. The van der Waals surface area contributed by atoms with Gasteiger partial charge in [0, 0.05) is 6.08 Å². The standard InChI is InChI=1S/C16H10ClF3INO4/c17-11-4-1-9(16(18,19)20)7-12(11)22-14(23)8-25-15(24)6-3-10-2-5-13(21)26-10/h1-7H,8H2,(H,22,23). The summed E-state index contributed by atoms with van der Waals surface area (Å²) in [5.41, 5.74) is -1.20. The lowest BCUT2D eigenvalue weighted by atomic mass is 10.2. The van der Waals surface area contributed by atoms with Gasteiger partial charge < -0.3 is 14.5 Å². The fourth-order valence-electron chi connectivity index (χ4n) is 1.74. The molecule has 138 valence electrons. The Kier molecular flexibility index (Phi) is 6.70. The van der Waals surface area contributed by atoms with Gasteiger partial charge in [0.2, 0.25) is 0 Å². The molecule has 1 aromatic heterocycles. The summed E-state index contributed by atoms with van der Waals surface area (Å²) in [6, 6.07) is 5.82. The van der Waals surface area contributed by atoms with Crippen molar-refractivity contribution in [1.82, 2.24) is 0 Å². The van der Waals surface area contributed by atoms with Crippen LogP contribution in [-0.2, 0) is 20.5 Å². The number of rotatable bonds is 5. The van der Waals surface area contributed by atoms with E-state index in [-0.39, 0.29) is 10.7 Å². The van der Waals surface area contributed by atoms with Crippen molar-refractivity contribution in [3.8, 4) is 0 Å². The van der Waals surface area contributed by atoms with E-state index >= 15 is 0 Å². The third-order valence-corrected chi connectivity index (χ3v) is 3.80. The van der Waals surface area contributed by atoms with Crippen molar-refractivity contribution in [2.24, 2.45) is 0 Å². The summed E-state index contributed by atoms with van der Waals surface area (Å²) < 4.78 is 48.6. The van der Waals surface area contributed by atoms with Crippen molar-refractivity contribution in [3.05, 3.63) is 56.5 Å². The highest BCUT2D eigenvalue weighted by atomic mass is 127. The van der Waals surface area contributed by atoms with Crippen molar-refractivity contribution in [2.75, 3.05) is 11.9 Å². The van der Waals surface area contributed by atoms with Gasteiger partial charge in [-0.05, 0) is 59.0 Å². The molecule has 0 radical (unpaired) electrons. The quantitative estimate of drug-likeness (QED) is 0.366. The van der Waals surface area contributed by atoms with Crippen LogP contribution in [0.2, 0.25) is 5.02 Å². The number of hydrogen-bond acceptors (Lipinski definition) is 4. The zero-order valence-electron chi connectivity index (χ0n) is 12.8. The number of carbonyl (C=O) groups is 2. The highest BCUT2D eigenvalue weighted by molar-refractivity contribution is 14.1. The molecular formula is C16H10ClF3INO4. The minimum absolute atomic E-state index is 0.0787. The summed E-state index contributed by atoms with van der Waals surface area (Å²) in [5, 5.41) is 2.08. The molecule has 0 aliphatic carbocycles. The Morgan fingerprint density at radius 3 is 2.62 bits per heavy atom. The van der Waals surface area contributed by atoms with Gasteiger partial charge in [-0.25, -0.2) is 4.79 Å². The third-order valence-electron chi connectivity index (χ3n) is 2.89. The molecule has 1 amide bonds. The van der Waals surface area contributed by atoms with Crippen LogP contribution >= 0.6 is 34.2 Å². The molecule has 1 aromatic carbocycles. The number of ether oxygens (including phenoxy) is 1. The van der Waals surface area contributed by atoms with Crippen LogP contribution in [0, 0.1) is 3.77 Å². The molecule has 0 bridgehead atoms. The van der Waals surface area contributed by atoms with Gasteiger partial charge in [0.05, 0.1) is 16.3 Å². The molecule has 0 aliphatic rings. The number of anilines is 1. The minimum atomic E-state index is -4.58. The number of halogens is 5. The van der Waals surface area contributed by atoms with Gasteiger partial charge in [0.25, 0.3) is 5.91 Å². The SMILES string of the molecule is O=C(COC(=O)C=Cc1ccc(I)o1)Nc1cc(C(F)(F)F)ccc1Cl. The predicted molar refractivity (Wildman–Crippen MR) is 96.5 cm³/mol. The summed E-state index contributed by atoms with van der Waals surface area (Å²) in [5.74, 6) is -1.23. The van der Waals surface area contributed by atoms with Crippen molar-refractivity contribution < 1.29 is 31.9 Å². The van der Waals surface area contributed by atoms with Crippen molar-refractivity contribution in [2.45, 2.75) is 6.18 Å². The fourth-order valence-corrected chi connectivity index (χ4v) is 2.34. The molecule has 0 aliphatic heterocycles. The van der Waals surface area contributed by atoms with E-state index in [1.807, 2.05) is 22.6 Å². The number of carbonyl (C=O) groups excluding carboxylic acids is 2. The van der Waals surface area contributed by atoms with Crippen LogP contribution in [0.4, 0.5) is 18.9 Å². The molecule has 0 fully saturated rings. The van der Waals surface area contributed by atoms with Gasteiger partial charge in [0.15, 0.2) is 10.4 Å². The second kappa shape index (κ2) is 8.58. The first kappa shape index (κ1) is 20.3. The van der Waals surface area contributed by atoms with Crippen LogP contribution in [0.25, 0.3) is 6.08 Å². The molecule has 1 N–H and O–H groups in total. The van der Waals surface area contributed by atoms with E-state index in [0.29, 0.717) is 15.6 Å². The van der Waals surface area contributed by atoms with E-state index in [1.54, 1.807) is 12.1 Å². The molecule has 1 heterocycles. The molecule has 0 saturated carbocycles. The number of furan rings is 1. The molecule has 0 spiro atoms. The number of hydrogen-bond donors (Lipinski definition) is 1. The lowest BCUT2D eigenvalue weighted by Gasteiger charge is -2.11. The maximum Gasteiger partial charge on any atom is 0.416 e. The van der Waals surface area contributed by atoms with Gasteiger partial charge in [-0.3, -0.25) is 4.79 Å². The highest BCUT2D eigenvalue weighted by Crippen LogP contribution is 2.33.